The highest BCUT2D eigenvalue weighted by atomic mass is 16.3. The van der Waals surface area contributed by atoms with Gasteiger partial charge in [-0.1, -0.05) is 12.8 Å². The molecule has 3 nitrogen and oxygen atoms in total. The molecule has 0 saturated carbocycles. The summed E-state index contributed by atoms with van der Waals surface area (Å²) < 4.78 is 5.70. The molecule has 0 bridgehead atoms. The van der Waals surface area contributed by atoms with Crippen LogP contribution >= 0.6 is 0 Å². The van der Waals surface area contributed by atoms with Gasteiger partial charge in [-0.15, -0.1) is 6.42 Å². The fraction of sp³-hybridized carbons (Fsp3) is 0.571. The zero-order chi connectivity index (χ0) is 12.7. The molecular formula is C14H22N2O. The van der Waals surface area contributed by atoms with Crippen LogP contribution in [0, 0.1) is 19.3 Å². The topological polar surface area (TPSA) is 28.4 Å². The Balaban J connectivity index is 2.53. The molecule has 0 atom stereocenters. The number of nitrogens with one attached hydrogen (secondary N) is 1. The van der Waals surface area contributed by atoms with Crippen LogP contribution in [0.15, 0.2) is 10.5 Å². The number of hydrogen-bond donors (Lipinski definition) is 1. The summed E-state index contributed by atoms with van der Waals surface area (Å²) in [4.78, 5) is 2.10. The van der Waals surface area contributed by atoms with Crippen LogP contribution in [0.3, 0.4) is 0 Å². The van der Waals surface area contributed by atoms with Gasteiger partial charge in [0.05, 0.1) is 13.1 Å². The average Bonchev–Trinajstić information content (AvgIpc) is 2.60. The van der Waals surface area contributed by atoms with E-state index in [9.17, 15) is 0 Å². The molecule has 0 radical (unpaired) electrons. The summed E-state index contributed by atoms with van der Waals surface area (Å²) >= 11 is 0. The monoisotopic (exact) mass is 234 g/mol. The molecule has 1 aromatic heterocycles. The van der Waals surface area contributed by atoms with Crippen LogP contribution in [-0.4, -0.2) is 25.0 Å². The minimum absolute atomic E-state index is 0.661. The van der Waals surface area contributed by atoms with E-state index in [2.05, 4.69) is 29.1 Å². The molecule has 0 fully saturated rings. The Morgan fingerprint density at radius 2 is 2.29 bits per heavy atom. The fourth-order valence-corrected chi connectivity index (χ4v) is 1.72. The van der Waals surface area contributed by atoms with Gasteiger partial charge < -0.3 is 9.73 Å². The first-order valence-corrected chi connectivity index (χ1v) is 6.08. The normalized spacial score (nSPS) is 10.8. The Morgan fingerprint density at radius 3 is 2.94 bits per heavy atom. The van der Waals surface area contributed by atoms with E-state index in [0.29, 0.717) is 6.54 Å². The molecule has 1 rings (SSSR count). The number of hydrogen-bond acceptors (Lipinski definition) is 3. The van der Waals surface area contributed by atoms with E-state index in [0.717, 1.165) is 37.6 Å². The lowest BCUT2D eigenvalue weighted by Crippen LogP contribution is -2.17. The molecule has 1 aromatic rings. The molecule has 0 aliphatic heterocycles. The van der Waals surface area contributed by atoms with Crippen molar-refractivity contribution in [2.24, 2.45) is 0 Å². The van der Waals surface area contributed by atoms with E-state index in [4.69, 9.17) is 10.8 Å². The fourth-order valence-electron chi connectivity index (χ4n) is 1.72. The molecular weight excluding hydrogens is 212 g/mol. The van der Waals surface area contributed by atoms with E-state index in [1.54, 1.807) is 0 Å². The summed E-state index contributed by atoms with van der Waals surface area (Å²) in [6, 6.07) is 2.12. The molecule has 1 N–H and O–H groups in total. The van der Waals surface area contributed by atoms with Crippen LogP contribution in [0.2, 0.25) is 0 Å². The second kappa shape index (κ2) is 7.16. The molecule has 0 unspecified atom stereocenters. The predicted molar refractivity (Wildman–Crippen MR) is 70.6 cm³/mol. The third-order valence-electron chi connectivity index (χ3n) is 2.60. The Bertz CT molecular complexity index is 376. The van der Waals surface area contributed by atoms with Crippen LogP contribution in [-0.2, 0) is 13.1 Å². The maximum absolute atomic E-state index is 5.70. The van der Waals surface area contributed by atoms with E-state index in [1.165, 1.54) is 5.56 Å². The Labute approximate surface area is 104 Å². The van der Waals surface area contributed by atoms with Crippen molar-refractivity contribution >= 4 is 0 Å². The lowest BCUT2D eigenvalue weighted by molar-refractivity contribution is 0.364. The standard InChI is InChI=1S/C14H22N2O/c1-5-7-15-10-14-9-13(12(3)17-14)11-16(4)8-6-2/h2,9,15H,5,7-8,10-11H2,1,3-4H3. The van der Waals surface area contributed by atoms with Crippen molar-refractivity contribution in [2.75, 3.05) is 20.1 Å². The minimum Gasteiger partial charge on any atom is -0.465 e. The SMILES string of the molecule is C#CCN(C)Cc1cc(CNCCC)oc1C. The van der Waals surface area contributed by atoms with Crippen LogP contribution in [0.1, 0.15) is 30.4 Å². The van der Waals surface area contributed by atoms with E-state index in [1.807, 2.05) is 14.0 Å². The second-order valence-corrected chi connectivity index (χ2v) is 4.35. The smallest absolute Gasteiger partial charge is 0.118 e. The van der Waals surface area contributed by atoms with Gasteiger partial charge in [0, 0.05) is 12.1 Å². The summed E-state index contributed by atoms with van der Waals surface area (Å²) in [5.41, 5.74) is 1.22. The van der Waals surface area contributed by atoms with Gasteiger partial charge in [-0.3, -0.25) is 4.90 Å². The van der Waals surface area contributed by atoms with Gasteiger partial charge in [0.15, 0.2) is 0 Å². The van der Waals surface area contributed by atoms with Crippen molar-refractivity contribution in [3.63, 3.8) is 0 Å². The lowest BCUT2D eigenvalue weighted by Gasteiger charge is -2.11. The summed E-state index contributed by atoms with van der Waals surface area (Å²) in [6.07, 6.45) is 6.42. The van der Waals surface area contributed by atoms with Crippen LogP contribution in [0.25, 0.3) is 0 Å². The first-order chi connectivity index (χ1) is 8.17. The lowest BCUT2D eigenvalue weighted by atomic mass is 10.2. The van der Waals surface area contributed by atoms with Crippen molar-refractivity contribution in [3.05, 3.63) is 23.2 Å². The number of furan rings is 1. The van der Waals surface area contributed by atoms with Crippen molar-refractivity contribution in [3.8, 4) is 12.3 Å². The van der Waals surface area contributed by atoms with Crippen molar-refractivity contribution < 1.29 is 4.42 Å². The molecule has 0 amide bonds. The van der Waals surface area contributed by atoms with Gasteiger partial charge in [-0.25, -0.2) is 0 Å². The molecule has 0 aromatic carbocycles. The van der Waals surface area contributed by atoms with Gasteiger partial charge in [0.1, 0.15) is 11.5 Å². The molecule has 17 heavy (non-hydrogen) atoms. The van der Waals surface area contributed by atoms with Gasteiger partial charge in [-0.05, 0) is 33.0 Å². The maximum Gasteiger partial charge on any atom is 0.118 e. The van der Waals surface area contributed by atoms with E-state index >= 15 is 0 Å². The van der Waals surface area contributed by atoms with Crippen LogP contribution < -0.4 is 5.32 Å². The molecule has 0 saturated heterocycles. The minimum atomic E-state index is 0.661. The molecule has 94 valence electrons. The van der Waals surface area contributed by atoms with Gasteiger partial charge in [0.2, 0.25) is 0 Å². The zero-order valence-corrected chi connectivity index (χ0v) is 11.0. The zero-order valence-electron chi connectivity index (χ0n) is 11.0. The number of terminal acetylenes is 1. The predicted octanol–water partition coefficient (Wildman–Crippen LogP) is 2.15. The highest BCUT2D eigenvalue weighted by Gasteiger charge is 2.08. The van der Waals surface area contributed by atoms with Crippen LogP contribution in [0.4, 0.5) is 0 Å². The van der Waals surface area contributed by atoms with Gasteiger partial charge >= 0.3 is 0 Å². The number of rotatable bonds is 7. The first-order valence-electron chi connectivity index (χ1n) is 6.08. The van der Waals surface area contributed by atoms with Gasteiger partial charge in [0.25, 0.3) is 0 Å². The number of aryl methyl sites for hydroxylation is 1. The maximum atomic E-state index is 5.70. The quantitative estimate of drug-likeness (QED) is 0.579. The van der Waals surface area contributed by atoms with E-state index in [-0.39, 0.29) is 0 Å². The third kappa shape index (κ3) is 4.64. The highest BCUT2D eigenvalue weighted by molar-refractivity contribution is 5.20. The largest absolute Gasteiger partial charge is 0.465 e. The highest BCUT2D eigenvalue weighted by Crippen LogP contribution is 2.16. The summed E-state index contributed by atoms with van der Waals surface area (Å²) in [5, 5.41) is 3.33. The summed E-state index contributed by atoms with van der Waals surface area (Å²) in [7, 11) is 2.02. The average molecular weight is 234 g/mol. The molecule has 0 spiro atoms. The molecule has 3 heteroatoms. The van der Waals surface area contributed by atoms with Crippen molar-refractivity contribution in [1.29, 1.82) is 0 Å². The van der Waals surface area contributed by atoms with E-state index < -0.39 is 0 Å². The Morgan fingerprint density at radius 1 is 1.53 bits per heavy atom. The Kier molecular flexibility index (Phi) is 5.82. The number of nitrogens with zero attached hydrogens (tertiary/aromatic N) is 1. The van der Waals surface area contributed by atoms with Crippen molar-refractivity contribution in [1.82, 2.24) is 10.2 Å². The second-order valence-electron chi connectivity index (χ2n) is 4.35. The molecule has 1 heterocycles. The van der Waals surface area contributed by atoms with Crippen molar-refractivity contribution in [2.45, 2.75) is 33.4 Å². The molecule has 0 aliphatic rings. The third-order valence-corrected chi connectivity index (χ3v) is 2.60. The first kappa shape index (κ1) is 13.8. The summed E-state index contributed by atoms with van der Waals surface area (Å²) in [6.45, 7) is 7.48. The van der Waals surface area contributed by atoms with Crippen LogP contribution in [0.5, 0.6) is 0 Å². The van der Waals surface area contributed by atoms with Gasteiger partial charge in [-0.2, -0.15) is 0 Å². The molecule has 0 aliphatic carbocycles. The summed E-state index contributed by atoms with van der Waals surface area (Å²) in [5.74, 6) is 4.63. The Hall–Kier alpha value is -1.24.